The zero-order valence-corrected chi connectivity index (χ0v) is 20.0. The van der Waals surface area contributed by atoms with Crippen molar-refractivity contribution in [3.63, 3.8) is 0 Å². The summed E-state index contributed by atoms with van der Waals surface area (Å²) < 4.78 is 11.2. The van der Waals surface area contributed by atoms with Gasteiger partial charge in [-0.15, -0.1) is 24.0 Å². The van der Waals surface area contributed by atoms with Crippen molar-refractivity contribution in [2.75, 3.05) is 58.9 Å². The molecule has 6 nitrogen and oxygen atoms in total. The molecule has 0 aromatic heterocycles. The number of nitrogens with zero attached hydrogens (tertiary/aromatic N) is 2. The Balaban J connectivity index is 0.00000261. The van der Waals surface area contributed by atoms with Crippen LogP contribution in [0.4, 0.5) is 0 Å². The van der Waals surface area contributed by atoms with Crippen LogP contribution >= 0.6 is 35.7 Å². The number of hydrogen-bond donors (Lipinski definition) is 2. The molecule has 2 heterocycles. The van der Waals surface area contributed by atoms with E-state index in [1.165, 1.54) is 19.3 Å². The molecule has 0 bridgehead atoms. The van der Waals surface area contributed by atoms with E-state index in [0.29, 0.717) is 18.0 Å². The van der Waals surface area contributed by atoms with Crippen molar-refractivity contribution in [1.82, 2.24) is 15.5 Å². The van der Waals surface area contributed by atoms with Crippen molar-refractivity contribution >= 4 is 41.7 Å². The first-order chi connectivity index (χ1) is 12.8. The molecule has 27 heavy (non-hydrogen) atoms. The van der Waals surface area contributed by atoms with E-state index in [1.807, 2.05) is 11.8 Å². The van der Waals surface area contributed by atoms with Crippen molar-refractivity contribution < 1.29 is 9.47 Å². The number of nitrogens with one attached hydrogen (secondary N) is 2. The van der Waals surface area contributed by atoms with E-state index >= 15 is 0 Å². The Hall–Kier alpha value is 0.230. The van der Waals surface area contributed by atoms with E-state index in [9.17, 15) is 0 Å². The van der Waals surface area contributed by atoms with Crippen molar-refractivity contribution in [1.29, 1.82) is 0 Å². The molecule has 3 rings (SSSR count). The van der Waals surface area contributed by atoms with Crippen molar-refractivity contribution in [3.05, 3.63) is 0 Å². The fourth-order valence-corrected chi connectivity index (χ4v) is 5.11. The molecule has 1 aliphatic carbocycles. The smallest absolute Gasteiger partial charge is 0.191 e. The van der Waals surface area contributed by atoms with Gasteiger partial charge in [-0.2, -0.15) is 11.8 Å². The van der Waals surface area contributed by atoms with Gasteiger partial charge >= 0.3 is 0 Å². The molecule has 0 amide bonds. The molecule has 2 saturated heterocycles. The van der Waals surface area contributed by atoms with Crippen LogP contribution in [0.15, 0.2) is 4.99 Å². The summed E-state index contributed by atoms with van der Waals surface area (Å²) in [5.41, 5.74) is 0. The fourth-order valence-electron chi connectivity index (χ4n) is 4.31. The van der Waals surface area contributed by atoms with Crippen LogP contribution in [-0.2, 0) is 9.47 Å². The first kappa shape index (κ1) is 23.5. The molecule has 0 spiro atoms. The molecule has 0 aromatic carbocycles. The summed E-state index contributed by atoms with van der Waals surface area (Å²) in [5, 5.41) is 7.93. The molecule has 0 aromatic rings. The monoisotopic (exact) mass is 512 g/mol. The third kappa shape index (κ3) is 7.21. The van der Waals surface area contributed by atoms with Crippen LogP contribution in [0, 0.1) is 5.92 Å². The van der Waals surface area contributed by atoms with Gasteiger partial charge in [0.2, 0.25) is 0 Å². The summed E-state index contributed by atoms with van der Waals surface area (Å²) in [7, 11) is 0. The topological polar surface area (TPSA) is 58.1 Å². The Morgan fingerprint density at radius 1 is 1.19 bits per heavy atom. The van der Waals surface area contributed by atoms with Gasteiger partial charge < -0.3 is 20.1 Å². The number of hydrogen-bond acceptors (Lipinski definition) is 5. The lowest BCUT2D eigenvalue weighted by atomic mass is 9.97. The molecule has 0 radical (unpaired) electrons. The molecule has 2 aliphatic heterocycles. The number of ether oxygens (including phenoxy) is 2. The Kier molecular flexibility index (Phi) is 11.1. The molecule has 4 atom stereocenters. The third-order valence-corrected chi connectivity index (χ3v) is 6.96. The maximum atomic E-state index is 5.68. The SMILES string of the molecule is CCNC(=NCC(C1CCOC1)N1CCOCC1)NC1CCC(SC)C1.I. The number of aliphatic imine (C=N–C) groups is 1. The quantitative estimate of drug-likeness (QED) is 0.310. The van der Waals surface area contributed by atoms with Gasteiger partial charge in [0.05, 0.1) is 26.4 Å². The standard InChI is InChI=1S/C19H36N4O2S.HI/c1-3-20-19(22-16-4-5-17(12-16)26-2)21-13-18(15-6-9-25-14-15)23-7-10-24-11-8-23;/h15-18H,3-14H2,1-2H3,(H2,20,21,22);1H. The number of guanidine groups is 1. The van der Waals surface area contributed by atoms with E-state index in [-0.39, 0.29) is 24.0 Å². The Labute approximate surface area is 186 Å². The minimum absolute atomic E-state index is 0. The lowest BCUT2D eigenvalue weighted by Gasteiger charge is -2.36. The van der Waals surface area contributed by atoms with E-state index in [1.54, 1.807) is 0 Å². The second-order valence-electron chi connectivity index (χ2n) is 7.57. The molecule has 1 saturated carbocycles. The van der Waals surface area contributed by atoms with Crippen LogP contribution in [-0.4, -0.2) is 87.1 Å². The van der Waals surface area contributed by atoms with E-state index in [2.05, 4.69) is 28.7 Å². The van der Waals surface area contributed by atoms with E-state index in [4.69, 9.17) is 14.5 Å². The molecule has 2 N–H and O–H groups in total. The van der Waals surface area contributed by atoms with E-state index in [0.717, 1.165) is 70.2 Å². The Morgan fingerprint density at radius 3 is 2.63 bits per heavy atom. The number of morpholine rings is 1. The highest BCUT2D eigenvalue weighted by molar-refractivity contribution is 14.0. The molecule has 158 valence electrons. The lowest BCUT2D eigenvalue weighted by Crippen LogP contribution is -2.50. The highest BCUT2D eigenvalue weighted by Crippen LogP contribution is 2.28. The predicted octanol–water partition coefficient (Wildman–Crippen LogP) is 2.18. The van der Waals surface area contributed by atoms with Gasteiger partial charge in [-0.05, 0) is 38.9 Å². The number of halogens is 1. The first-order valence-corrected chi connectivity index (χ1v) is 11.6. The largest absolute Gasteiger partial charge is 0.381 e. The zero-order valence-electron chi connectivity index (χ0n) is 16.8. The average Bonchev–Trinajstić information content (AvgIpc) is 3.35. The van der Waals surface area contributed by atoms with E-state index < -0.39 is 0 Å². The minimum atomic E-state index is 0. The van der Waals surface area contributed by atoms with Gasteiger partial charge in [-0.1, -0.05) is 0 Å². The van der Waals surface area contributed by atoms with Crippen LogP contribution in [0.3, 0.4) is 0 Å². The van der Waals surface area contributed by atoms with Gasteiger partial charge in [0, 0.05) is 49.5 Å². The highest BCUT2D eigenvalue weighted by Gasteiger charge is 2.31. The summed E-state index contributed by atoms with van der Waals surface area (Å²) in [4.78, 5) is 7.56. The summed E-state index contributed by atoms with van der Waals surface area (Å²) in [5.74, 6) is 1.57. The zero-order chi connectivity index (χ0) is 18.2. The summed E-state index contributed by atoms with van der Waals surface area (Å²) in [6.45, 7) is 9.35. The molecule has 3 fully saturated rings. The average molecular weight is 513 g/mol. The Morgan fingerprint density at radius 2 is 2.00 bits per heavy atom. The van der Waals surface area contributed by atoms with Crippen LogP contribution < -0.4 is 10.6 Å². The normalized spacial score (nSPS) is 30.7. The molecule has 8 heteroatoms. The minimum Gasteiger partial charge on any atom is -0.381 e. The number of rotatable bonds is 7. The molecule has 4 unspecified atom stereocenters. The molecular weight excluding hydrogens is 475 g/mol. The fraction of sp³-hybridized carbons (Fsp3) is 0.947. The molecular formula is C19H37IN4O2S. The summed E-state index contributed by atoms with van der Waals surface area (Å²) in [6.07, 6.45) is 7.19. The summed E-state index contributed by atoms with van der Waals surface area (Å²) >= 11 is 2.00. The maximum absolute atomic E-state index is 5.68. The van der Waals surface area contributed by atoms with Crippen molar-refractivity contribution in [3.8, 4) is 0 Å². The first-order valence-electron chi connectivity index (χ1n) is 10.3. The van der Waals surface area contributed by atoms with Crippen molar-refractivity contribution in [2.45, 2.75) is 49.9 Å². The maximum Gasteiger partial charge on any atom is 0.191 e. The van der Waals surface area contributed by atoms with Gasteiger partial charge in [0.15, 0.2) is 5.96 Å². The van der Waals surface area contributed by atoms with Gasteiger partial charge in [-0.3, -0.25) is 9.89 Å². The third-order valence-electron chi connectivity index (χ3n) is 5.86. The van der Waals surface area contributed by atoms with Gasteiger partial charge in [0.25, 0.3) is 0 Å². The van der Waals surface area contributed by atoms with Crippen LogP contribution in [0.5, 0.6) is 0 Å². The number of thioether (sulfide) groups is 1. The van der Waals surface area contributed by atoms with Gasteiger partial charge in [-0.25, -0.2) is 0 Å². The Bertz CT molecular complexity index is 445. The predicted molar refractivity (Wildman–Crippen MR) is 125 cm³/mol. The molecule has 3 aliphatic rings. The van der Waals surface area contributed by atoms with Crippen LogP contribution in [0.1, 0.15) is 32.6 Å². The highest BCUT2D eigenvalue weighted by atomic mass is 127. The lowest BCUT2D eigenvalue weighted by molar-refractivity contribution is 0.00368. The summed E-state index contributed by atoms with van der Waals surface area (Å²) in [6, 6.07) is 1.02. The van der Waals surface area contributed by atoms with Gasteiger partial charge in [0.1, 0.15) is 0 Å². The second-order valence-corrected chi connectivity index (χ2v) is 8.71. The van der Waals surface area contributed by atoms with Crippen molar-refractivity contribution in [2.24, 2.45) is 10.9 Å². The van der Waals surface area contributed by atoms with Crippen LogP contribution in [0.25, 0.3) is 0 Å². The van der Waals surface area contributed by atoms with Crippen LogP contribution in [0.2, 0.25) is 0 Å². The second kappa shape index (κ2) is 12.7.